The smallest absolute Gasteiger partial charge is 0.225 e. The van der Waals surface area contributed by atoms with Gasteiger partial charge in [-0.3, -0.25) is 4.79 Å². The van der Waals surface area contributed by atoms with Gasteiger partial charge in [-0.25, -0.2) is 0 Å². The number of ether oxygens (including phenoxy) is 1. The first-order valence-corrected chi connectivity index (χ1v) is 12.3. The number of carbonyl (C=O) groups is 1. The van der Waals surface area contributed by atoms with Crippen molar-refractivity contribution in [2.45, 2.75) is 115 Å². The van der Waals surface area contributed by atoms with E-state index in [4.69, 9.17) is 4.74 Å². The first kappa shape index (κ1) is 22.3. The molecule has 0 bridgehead atoms. The van der Waals surface area contributed by atoms with Crippen LogP contribution in [0, 0.1) is 0 Å². The Hall–Kier alpha value is -1.35. The largest absolute Gasteiger partial charge is 0.353 e. The Morgan fingerprint density at radius 1 is 0.897 bits per heavy atom. The second-order valence-electron chi connectivity index (χ2n) is 9.09. The molecule has 2 heterocycles. The Labute approximate surface area is 178 Å². The molecule has 2 atom stereocenters. The van der Waals surface area contributed by atoms with Gasteiger partial charge in [-0.1, -0.05) is 108 Å². The van der Waals surface area contributed by atoms with E-state index in [1.807, 2.05) is 6.07 Å². The van der Waals surface area contributed by atoms with Gasteiger partial charge in [0.2, 0.25) is 5.91 Å². The van der Waals surface area contributed by atoms with Gasteiger partial charge in [-0.05, 0) is 18.4 Å². The molecule has 2 aliphatic heterocycles. The van der Waals surface area contributed by atoms with Gasteiger partial charge >= 0.3 is 0 Å². The Bertz CT molecular complexity index is 602. The van der Waals surface area contributed by atoms with Gasteiger partial charge in [0.1, 0.15) is 5.72 Å². The van der Waals surface area contributed by atoms with Crippen molar-refractivity contribution in [3.8, 4) is 0 Å². The molecule has 162 valence electrons. The van der Waals surface area contributed by atoms with Gasteiger partial charge in [0.25, 0.3) is 0 Å². The van der Waals surface area contributed by atoms with E-state index in [2.05, 4.69) is 36.1 Å². The van der Waals surface area contributed by atoms with E-state index in [1.165, 1.54) is 82.6 Å². The highest BCUT2D eigenvalue weighted by atomic mass is 16.5. The van der Waals surface area contributed by atoms with Crippen LogP contribution in [-0.4, -0.2) is 23.1 Å². The first-order chi connectivity index (χ1) is 14.3. The molecule has 1 amide bonds. The molecule has 0 aromatic heterocycles. The first-order valence-electron chi connectivity index (χ1n) is 12.3. The van der Waals surface area contributed by atoms with Crippen LogP contribution in [0.3, 0.4) is 0 Å². The molecule has 0 spiro atoms. The Morgan fingerprint density at radius 3 is 2.10 bits per heavy atom. The third kappa shape index (κ3) is 6.07. The van der Waals surface area contributed by atoms with Crippen LogP contribution in [0.25, 0.3) is 0 Å². The topological polar surface area (TPSA) is 29.5 Å². The summed E-state index contributed by atoms with van der Waals surface area (Å²) in [5, 5.41) is 0. The normalized spacial score (nSPS) is 23.7. The molecule has 3 nitrogen and oxygen atoms in total. The van der Waals surface area contributed by atoms with E-state index >= 15 is 0 Å². The maximum Gasteiger partial charge on any atom is 0.225 e. The molecule has 2 aliphatic rings. The number of rotatable bonds is 14. The second-order valence-corrected chi connectivity index (χ2v) is 9.09. The maximum atomic E-state index is 12.6. The Morgan fingerprint density at radius 2 is 1.48 bits per heavy atom. The molecular formula is C26H41NO2. The van der Waals surface area contributed by atoms with Crippen molar-refractivity contribution < 1.29 is 9.53 Å². The number of hydrogen-bond donors (Lipinski definition) is 0. The second kappa shape index (κ2) is 11.7. The van der Waals surface area contributed by atoms with Crippen molar-refractivity contribution in [3.63, 3.8) is 0 Å². The molecule has 29 heavy (non-hydrogen) atoms. The summed E-state index contributed by atoms with van der Waals surface area (Å²) in [6.45, 7) is 2.93. The van der Waals surface area contributed by atoms with Crippen molar-refractivity contribution in [1.82, 2.24) is 4.90 Å². The van der Waals surface area contributed by atoms with E-state index in [1.54, 1.807) is 0 Å². The quantitative estimate of drug-likeness (QED) is 0.310. The lowest BCUT2D eigenvalue weighted by atomic mass is 9.99. The van der Waals surface area contributed by atoms with Crippen LogP contribution in [0.5, 0.6) is 0 Å². The SMILES string of the molecule is CCCCCCCCCCCCCC[C@]12CCC(=O)N1[C@H](c1ccccc1)CO2. The van der Waals surface area contributed by atoms with E-state index in [9.17, 15) is 4.79 Å². The fourth-order valence-electron chi connectivity index (χ4n) is 5.16. The predicted octanol–water partition coefficient (Wildman–Crippen LogP) is 7.17. The van der Waals surface area contributed by atoms with Gasteiger partial charge < -0.3 is 9.64 Å². The molecule has 0 saturated carbocycles. The van der Waals surface area contributed by atoms with Crippen LogP contribution in [0.1, 0.15) is 115 Å². The molecule has 2 saturated heterocycles. The zero-order chi connectivity index (χ0) is 20.4. The average Bonchev–Trinajstić information content (AvgIpc) is 3.27. The fourth-order valence-corrected chi connectivity index (χ4v) is 5.16. The summed E-state index contributed by atoms with van der Waals surface area (Å²) in [6, 6.07) is 10.5. The summed E-state index contributed by atoms with van der Waals surface area (Å²) in [4.78, 5) is 14.7. The molecule has 3 heteroatoms. The zero-order valence-corrected chi connectivity index (χ0v) is 18.5. The van der Waals surface area contributed by atoms with E-state index in [0.29, 0.717) is 13.0 Å². The van der Waals surface area contributed by atoms with Crippen molar-refractivity contribution in [2.24, 2.45) is 0 Å². The maximum absolute atomic E-state index is 12.6. The van der Waals surface area contributed by atoms with Crippen LogP contribution in [0.15, 0.2) is 30.3 Å². The lowest BCUT2D eigenvalue weighted by molar-refractivity contribution is -0.139. The van der Waals surface area contributed by atoms with Crippen LogP contribution in [0.2, 0.25) is 0 Å². The summed E-state index contributed by atoms with van der Waals surface area (Å²) >= 11 is 0. The minimum Gasteiger partial charge on any atom is -0.353 e. The van der Waals surface area contributed by atoms with Crippen molar-refractivity contribution in [1.29, 1.82) is 0 Å². The third-order valence-corrected chi connectivity index (χ3v) is 6.86. The Kier molecular flexibility index (Phi) is 9.04. The summed E-state index contributed by atoms with van der Waals surface area (Å²) in [5.41, 5.74) is 0.884. The minimum atomic E-state index is -0.323. The molecule has 0 radical (unpaired) electrons. The van der Waals surface area contributed by atoms with E-state index in [-0.39, 0.29) is 17.7 Å². The molecule has 1 aromatic rings. The monoisotopic (exact) mass is 399 g/mol. The number of unbranched alkanes of at least 4 members (excludes halogenated alkanes) is 11. The minimum absolute atomic E-state index is 0.100. The zero-order valence-electron chi connectivity index (χ0n) is 18.5. The molecule has 2 fully saturated rings. The molecule has 1 aromatic carbocycles. The van der Waals surface area contributed by atoms with Crippen molar-refractivity contribution in [3.05, 3.63) is 35.9 Å². The van der Waals surface area contributed by atoms with Crippen LogP contribution in [-0.2, 0) is 9.53 Å². The van der Waals surface area contributed by atoms with Gasteiger partial charge in [0.15, 0.2) is 0 Å². The van der Waals surface area contributed by atoms with Gasteiger partial charge in [0, 0.05) is 12.8 Å². The van der Waals surface area contributed by atoms with Gasteiger partial charge in [0.05, 0.1) is 12.6 Å². The van der Waals surface area contributed by atoms with Gasteiger partial charge in [-0.15, -0.1) is 0 Å². The summed E-state index contributed by atoms with van der Waals surface area (Å²) in [5.74, 6) is 0.273. The number of carbonyl (C=O) groups excluding carboxylic acids is 1. The number of fused-ring (bicyclic) bond motifs is 1. The molecule has 3 rings (SSSR count). The molecular weight excluding hydrogens is 358 g/mol. The molecule has 0 aliphatic carbocycles. The van der Waals surface area contributed by atoms with Crippen LogP contribution >= 0.6 is 0 Å². The summed E-state index contributed by atoms with van der Waals surface area (Å²) < 4.78 is 6.31. The highest BCUT2D eigenvalue weighted by Gasteiger charge is 2.54. The molecule has 0 N–H and O–H groups in total. The summed E-state index contributed by atoms with van der Waals surface area (Å²) in [6.07, 6.45) is 18.8. The van der Waals surface area contributed by atoms with E-state index < -0.39 is 0 Å². The van der Waals surface area contributed by atoms with Crippen LogP contribution < -0.4 is 0 Å². The van der Waals surface area contributed by atoms with Crippen molar-refractivity contribution >= 4 is 5.91 Å². The number of nitrogens with zero attached hydrogens (tertiary/aromatic N) is 1. The number of benzene rings is 1. The average molecular weight is 400 g/mol. The number of hydrogen-bond acceptors (Lipinski definition) is 2. The third-order valence-electron chi connectivity index (χ3n) is 6.86. The highest BCUT2D eigenvalue weighted by Crippen LogP contribution is 2.47. The highest BCUT2D eigenvalue weighted by molar-refractivity contribution is 5.80. The fraction of sp³-hybridized carbons (Fsp3) is 0.731. The lowest BCUT2D eigenvalue weighted by Gasteiger charge is -2.33. The molecule has 0 unspecified atom stereocenters. The predicted molar refractivity (Wildman–Crippen MR) is 120 cm³/mol. The summed E-state index contributed by atoms with van der Waals surface area (Å²) in [7, 11) is 0. The van der Waals surface area contributed by atoms with Gasteiger partial charge in [-0.2, -0.15) is 0 Å². The van der Waals surface area contributed by atoms with Crippen LogP contribution in [0.4, 0.5) is 0 Å². The van der Waals surface area contributed by atoms with Crippen molar-refractivity contribution in [2.75, 3.05) is 6.61 Å². The lowest BCUT2D eigenvalue weighted by Crippen LogP contribution is -2.42. The standard InChI is InChI=1S/C26H41NO2/c1-2-3-4-5-6-7-8-9-10-11-12-16-20-26-21-19-25(28)27(26)24(22-29-26)23-17-14-13-15-18-23/h13-15,17-18,24H,2-12,16,19-22H2,1H3/t24-,26-/m0/s1. The van der Waals surface area contributed by atoms with E-state index in [0.717, 1.165) is 12.8 Å². The number of amides is 1. The Balaban J connectivity index is 1.32.